The fourth-order valence-corrected chi connectivity index (χ4v) is 2.45. The van der Waals surface area contributed by atoms with Crippen molar-refractivity contribution in [3.8, 4) is 0 Å². The van der Waals surface area contributed by atoms with Gasteiger partial charge in [0.05, 0.1) is 24.2 Å². The largest absolute Gasteiger partial charge is 0.444 e. The Hall–Kier alpha value is -2.06. The van der Waals surface area contributed by atoms with Gasteiger partial charge in [0.1, 0.15) is 11.4 Å². The average Bonchev–Trinajstić information content (AvgIpc) is 2.65. The van der Waals surface area contributed by atoms with Crippen LogP contribution in [0.5, 0.6) is 0 Å². The van der Waals surface area contributed by atoms with Gasteiger partial charge in [-0.1, -0.05) is 6.92 Å². The van der Waals surface area contributed by atoms with Crippen LogP contribution in [0, 0.1) is 0 Å². The number of hydrogen-bond acceptors (Lipinski definition) is 7. The first-order valence-electron chi connectivity index (χ1n) is 10.6. The molecule has 1 aromatic heterocycles. The second kappa shape index (κ2) is 11.4. The monoisotopic (exact) mass is 423 g/mol. The fourth-order valence-electron chi connectivity index (χ4n) is 2.45. The van der Waals surface area contributed by atoms with Gasteiger partial charge < -0.3 is 25.0 Å². The summed E-state index contributed by atoms with van der Waals surface area (Å²) in [4.78, 5) is 22.1. The lowest BCUT2D eigenvalue weighted by atomic mass is 10.2. The van der Waals surface area contributed by atoms with Gasteiger partial charge in [0, 0.05) is 26.2 Å². The van der Waals surface area contributed by atoms with Crippen molar-refractivity contribution in [2.75, 3.05) is 57.1 Å². The zero-order valence-corrected chi connectivity index (χ0v) is 20.1. The summed E-state index contributed by atoms with van der Waals surface area (Å²) in [5.74, 6) is 0.515. The van der Waals surface area contributed by atoms with E-state index in [-0.39, 0.29) is 11.7 Å². The number of aromatic nitrogens is 1. The summed E-state index contributed by atoms with van der Waals surface area (Å²) in [7, 11) is 2.05. The smallest absolute Gasteiger partial charge is 0.410 e. The molecule has 0 spiro atoms. The van der Waals surface area contributed by atoms with E-state index in [1.807, 2.05) is 33.9 Å². The molecule has 0 aliphatic carbocycles. The maximum Gasteiger partial charge on any atom is 0.410 e. The number of amides is 1. The highest BCUT2D eigenvalue weighted by atomic mass is 16.6. The van der Waals surface area contributed by atoms with Crippen LogP contribution in [0.4, 0.5) is 16.3 Å². The molecule has 1 aliphatic heterocycles. The normalized spacial score (nSPS) is 15.0. The zero-order chi connectivity index (χ0) is 22.9. The van der Waals surface area contributed by atoms with Crippen LogP contribution < -0.4 is 10.6 Å². The van der Waals surface area contributed by atoms with Crippen LogP contribution in [-0.4, -0.2) is 78.6 Å². The summed E-state index contributed by atoms with van der Waals surface area (Å²) in [5.41, 5.74) is 6.15. The number of pyridine rings is 1. The number of hydrogen-bond donors (Lipinski definition) is 1. The van der Waals surface area contributed by atoms with Crippen LogP contribution in [0.3, 0.4) is 0 Å². The molecule has 0 bridgehead atoms. The Morgan fingerprint density at radius 3 is 2.13 bits per heavy atom. The van der Waals surface area contributed by atoms with Crippen molar-refractivity contribution >= 4 is 17.6 Å². The lowest BCUT2D eigenvalue weighted by Crippen LogP contribution is -2.50. The Morgan fingerprint density at radius 2 is 1.70 bits per heavy atom. The average molecular weight is 424 g/mol. The molecule has 0 saturated carbocycles. The minimum absolute atomic E-state index is 0.0105. The number of carbonyl (C=O) groups is 1. The number of carbonyl (C=O) groups excluding carboxylic acids is 1. The lowest BCUT2D eigenvalue weighted by Gasteiger charge is -2.36. The topological polar surface area (TPSA) is 84.2 Å². The first-order chi connectivity index (χ1) is 13.8. The van der Waals surface area contributed by atoms with E-state index in [9.17, 15) is 4.79 Å². The Balaban J connectivity index is 0.000000382. The summed E-state index contributed by atoms with van der Waals surface area (Å²) in [5, 5.41) is 0. The Labute approximate surface area is 182 Å². The molecular formula is C22H41N5O3. The minimum atomic E-state index is -0.449. The molecule has 1 saturated heterocycles. The van der Waals surface area contributed by atoms with Crippen LogP contribution in [0.1, 0.15) is 48.5 Å². The maximum atomic E-state index is 12.0. The van der Waals surface area contributed by atoms with Gasteiger partial charge in [0.25, 0.3) is 0 Å². The van der Waals surface area contributed by atoms with E-state index in [1.165, 1.54) is 0 Å². The molecule has 0 aromatic carbocycles. The number of piperazine rings is 1. The molecule has 1 aliphatic rings. The van der Waals surface area contributed by atoms with Gasteiger partial charge in [0.2, 0.25) is 0 Å². The van der Waals surface area contributed by atoms with E-state index in [0.717, 1.165) is 32.1 Å². The molecule has 1 aromatic rings. The van der Waals surface area contributed by atoms with E-state index in [1.54, 1.807) is 17.2 Å². The number of anilines is 2. The fraction of sp³-hybridized carbons (Fsp3) is 0.727. The lowest BCUT2D eigenvalue weighted by molar-refractivity contribution is -0.0544. The molecule has 0 radical (unpaired) electrons. The standard InChI is InChI=1S/C14H22N4O2.C8H19NO/c1-14(2,3)20-13(19)18-8-6-17(7-9-18)11-4-5-12(15)16-10-11;1-6-9(5)7-10-8(2,3)4/h4-5,10H,6-9H2,1-3H3,(H2,15,16);6-7H2,1-5H3. The van der Waals surface area contributed by atoms with Crippen molar-refractivity contribution in [2.24, 2.45) is 0 Å². The first-order valence-corrected chi connectivity index (χ1v) is 10.6. The molecule has 0 unspecified atom stereocenters. The summed E-state index contributed by atoms with van der Waals surface area (Å²) in [6, 6.07) is 3.74. The Morgan fingerprint density at radius 1 is 1.10 bits per heavy atom. The van der Waals surface area contributed by atoms with Crippen molar-refractivity contribution in [3.05, 3.63) is 18.3 Å². The van der Waals surface area contributed by atoms with E-state index in [4.69, 9.17) is 15.2 Å². The minimum Gasteiger partial charge on any atom is -0.444 e. The second-order valence-corrected chi connectivity index (χ2v) is 9.45. The number of rotatable bonds is 4. The third-order valence-electron chi connectivity index (χ3n) is 4.33. The number of ether oxygens (including phenoxy) is 2. The van der Waals surface area contributed by atoms with E-state index < -0.39 is 5.60 Å². The highest BCUT2D eigenvalue weighted by molar-refractivity contribution is 5.68. The Kier molecular flexibility index (Phi) is 9.84. The third kappa shape index (κ3) is 10.6. The highest BCUT2D eigenvalue weighted by Crippen LogP contribution is 2.17. The Bertz CT molecular complexity index is 630. The molecular weight excluding hydrogens is 382 g/mol. The van der Waals surface area contributed by atoms with Crippen LogP contribution in [-0.2, 0) is 9.47 Å². The summed E-state index contributed by atoms with van der Waals surface area (Å²) in [6.07, 6.45) is 1.52. The molecule has 2 heterocycles. The summed E-state index contributed by atoms with van der Waals surface area (Å²) < 4.78 is 10.9. The van der Waals surface area contributed by atoms with Gasteiger partial charge in [0.15, 0.2) is 0 Å². The van der Waals surface area contributed by atoms with Crippen molar-refractivity contribution in [1.82, 2.24) is 14.8 Å². The van der Waals surface area contributed by atoms with E-state index >= 15 is 0 Å². The van der Waals surface area contributed by atoms with Gasteiger partial charge >= 0.3 is 6.09 Å². The van der Waals surface area contributed by atoms with Crippen molar-refractivity contribution in [1.29, 1.82) is 0 Å². The van der Waals surface area contributed by atoms with Crippen molar-refractivity contribution in [2.45, 2.75) is 59.7 Å². The number of nitrogens with zero attached hydrogens (tertiary/aromatic N) is 4. The van der Waals surface area contributed by atoms with Crippen LogP contribution >= 0.6 is 0 Å². The van der Waals surface area contributed by atoms with Crippen LogP contribution in [0.2, 0.25) is 0 Å². The predicted octanol–water partition coefficient (Wildman–Crippen LogP) is 3.43. The van der Waals surface area contributed by atoms with Gasteiger partial charge in [-0.15, -0.1) is 0 Å². The maximum absolute atomic E-state index is 12.0. The van der Waals surface area contributed by atoms with Gasteiger partial charge in [-0.05, 0) is 67.3 Å². The first kappa shape index (κ1) is 26.0. The summed E-state index contributed by atoms with van der Waals surface area (Å²) in [6.45, 7) is 18.5. The molecule has 1 fully saturated rings. The summed E-state index contributed by atoms with van der Waals surface area (Å²) >= 11 is 0. The van der Waals surface area contributed by atoms with E-state index in [2.05, 4.69) is 42.5 Å². The molecule has 172 valence electrons. The highest BCUT2D eigenvalue weighted by Gasteiger charge is 2.25. The van der Waals surface area contributed by atoms with Crippen molar-refractivity contribution < 1.29 is 14.3 Å². The molecule has 0 atom stereocenters. The van der Waals surface area contributed by atoms with Crippen LogP contribution in [0.25, 0.3) is 0 Å². The van der Waals surface area contributed by atoms with Gasteiger partial charge in [-0.25, -0.2) is 9.78 Å². The molecule has 1 amide bonds. The van der Waals surface area contributed by atoms with Gasteiger partial charge in [-0.2, -0.15) is 0 Å². The zero-order valence-electron chi connectivity index (χ0n) is 20.1. The molecule has 8 heteroatoms. The number of nitrogen functional groups attached to an aromatic ring is 1. The van der Waals surface area contributed by atoms with E-state index in [0.29, 0.717) is 18.9 Å². The third-order valence-corrected chi connectivity index (χ3v) is 4.33. The quantitative estimate of drug-likeness (QED) is 0.743. The molecule has 30 heavy (non-hydrogen) atoms. The molecule has 2 rings (SSSR count). The number of nitrogens with two attached hydrogens (primary N) is 1. The predicted molar refractivity (Wildman–Crippen MR) is 123 cm³/mol. The van der Waals surface area contributed by atoms with Crippen molar-refractivity contribution in [3.63, 3.8) is 0 Å². The SMILES string of the molecule is CC(C)(C)OC(=O)N1CCN(c2ccc(N)nc2)CC1.CCN(C)COC(C)(C)C. The molecule has 8 nitrogen and oxygen atoms in total. The van der Waals surface area contributed by atoms with Gasteiger partial charge in [-0.3, -0.25) is 4.90 Å². The molecule has 2 N–H and O–H groups in total. The second-order valence-electron chi connectivity index (χ2n) is 9.45. The van der Waals surface area contributed by atoms with Crippen LogP contribution in [0.15, 0.2) is 18.3 Å².